The van der Waals surface area contributed by atoms with Crippen molar-refractivity contribution in [2.75, 3.05) is 5.75 Å². The summed E-state index contributed by atoms with van der Waals surface area (Å²) in [6, 6.07) is 11.4. The van der Waals surface area contributed by atoms with E-state index in [2.05, 4.69) is 42.6 Å². The molecule has 70 valence electrons. The fourth-order valence-corrected chi connectivity index (χ4v) is 2.97. The molecule has 2 heteroatoms. The summed E-state index contributed by atoms with van der Waals surface area (Å²) in [5.74, 6) is 1.25. The molecule has 0 radical (unpaired) electrons. The molecule has 1 N–H and O–H groups in total. The van der Waals surface area contributed by atoms with Crippen LogP contribution in [0.25, 0.3) is 0 Å². The van der Waals surface area contributed by atoms with Crippen molar-refractivity contribution in [1.82, 2.24) is 5.32 Å². The lowest BCUT2D eigenvalue weighted by atomic mass is 10.2. The van der Waals surface area contributed by atoms with Gasteiger partial charge in [0.05, 0.1) is 5.37 Å². The minimum Gasteiger partial charge on any atom is -0.298 e. The minimum absolute atomic E-state index is 0.520. The lowest BCUT2D eigenvalue weighted by Crippen LogP contribution is -2.24. The topological polar surface area (TPSA) is 12.0 Å². The summed E-state index contributed by atoms with van der Waals surface area (Å²) in [7, 11) is 0. The molecule has 2 atom stereocenters. The van der Waals surface area contributed by atoms with Crippen LogP contribution in [-0.2, 0) is 0 Å². The first kappa shape index (κ1) is 9.10. The molecule has 0 bridgehead atoms. The summed E-state index contributed by atoms with van der Waals surface area (Å²) in [6.07, 6.45) is 1.23. The fraction of sp³-hybridized carbons (Fsp3) is 0.455. The number of nitrogens with one attached hydrogen (secondary N) is 1. The van der Waals surface area contributed by atoms with Crippen LogP contribution in [0.4, 0.5) is 0 Å². The van der Waals surface area contributed by atoms with Gasteiger partial charge in [-0.2, -0.15) is 0 Å². The summed E-state index contributed by atoms with van der Waals surface area (Å²) < 4.78 is 0. The van der Waals surface area contributed by atoms with Gasteiger partial charge in [0, 0.05) is 11.8 Å². The Balaban J connectivity index is 2.04. The minimum atomic E-state index is 0.520. The fourth-order valence-electron chi connectivity index (χ4n) is 1.58. The van der Waals surface area contributed by atoms with Crippen LogP contribution in [0.1, 0.15) is 24.3 Å². The van der Waals surface area contributed by atoms with Crippen molar-refractivity contribution in [3.63, 3.8) is 0 Å². The maximum atomic E-state index is 3.62. The van der Waals surface area contributed by atoms with Gasteiger partial charge in [-0.15, -0.1) is 11.8 Å². The van der Waals surface area contributed by atoms with Crippen LogP contribution in [0.2, 0.25) is 0 Å². The Morgan fingerprint density at radius 2 is 2.15 bits per heavy atom. The van der Waals surface area contributed by atoms with Crippen molar-refractivity contribution < 1.29 is 0 Å². The van der Waals surface area contributed by atoms with E-state index in [1.165, 1.54) is 17.7 Å². The van der Waals surface area contributed by atoms with E-state index in [9.17, 15) is 0 Å². The molecule has 1 aliphatic rings. The van der Waals surface area contributed by atoms with Crippen molar-refractivity contribution in [1.29, 1.82) is 0 Å². The van der Waals surface area contributed by atoms with Crippen LogP contribution in [0, 0.1) is 0 Å². The molecule has 0 aromatic heterocycles. The molecular formula is C11H15NS. The van der Waals surface area contributed by atoms with Crippen LogP contribution >= 0.6 is 11.8 Å². The highest BCUT2D eigenvalue weighted by atomic mass is 32.2. The smallest absolute Gasteiger partial charge is 0.0792 e. The normalized spacial score (nSPS) is 27.8. The zero-order valence-corrected chi connectivity index (χ0v) is 8.68. The zero-order chi connectivity index (χ0) is 9.10. The molecule has 0 spiro atoms. The van der Waals surface area contributed by atoms with Gasteiger partial charge in [0.1, 0.15) is 0 Å². The first-order valence-electron chi connectivity index (χ1n) is 4.82. The average Bonchev–Trinajstić information content (AvgIpc) is 2.67. The third-order valence-electron chi connectivity index (χ3n) is 2.45. The Kier molecular flexibility index (Phi) is 2.91. The predicted octanol–water partition coefficient (Wildman–Crippen LogP) is 2.80. The van der Waals surface area contributed by atoms with Crippen LogP contribution in [0.5, 0.6) is 0 Å². The standard InChI is InChI=1S/C11H15NS/c1-2-10-8-13-11(12-10)9-6-4-3-5-7-9/h3-7,10-12H,2,8H2,1H3. The first-order chi connectivity index (χ1) is 6.40. The quantitative estimate of drug-likeness (QED) is 0.775. The van der Waals surface area contributed by atoms with E-state index in [1.807, 2.05) is 11.8 Å². The second kappa shape index (κ2) is 4.16. The highest BCUT2D eigenvalue weighted by Crippen LogP contribution is 2.33. The lowest BCUT2D eigenvalue weighted by Gasteiger charge is -2.11. The third-order valence-corrected chi connectivity index (χ3v) is 3.78. The molecule has 13 heavy (non-hydrogen) atoms. The van der Waals surface area contributed by atoms with Gasteiger partial charge >= 0.3 is 0 Å². The molecule has 0 amide bonds. The Morgan fingerprint density at radius 1 is 1.38 bits per heavy atom. The lowest BCUT2D eigenvalue weighted by molar-refractivity contribution is 0.561. The van der Waals surface area contributed by atoms with Gasteiger partial charge in [-0.3, -0.25) is 5.32 Å². The predicted molar refractivity (Wildman–Crippen MR) is 58.9 cm³/mol. The Morgan fingerprint density at radius 3 is 2.77 bits per heavy atom. The molecule has 0 aliphatic carbocycles. The Labute approximate surface area is 83.9 Å². The van der Waals surface area contributed by atoms with Gasteiger partial charge in [-0.25, -0.2) is 0 Å². The van der Waals surface area contributed by atoms with Crippen molar-refractivity contribution in [3.05, 3.63) is 35.9 Å². The zero-order valence-electron chi connectivity index (χ0n) is 7.86. The van der Waals surface area contributed by atoms with Crippen molar-refractivity contribution in [3.8, 4) is 0 Å². The van der Waals surface area contributed by atoms with Crippen LogP contribution < -0.4 is 5.32 Å². The maximum absolute atomic E-state index is 3.62. The van der Waals surface area contributed by atoms with E-state index in [1.54, 1.807) is 0 Å². The van der Waals surface area contributed by atoms with Gasteiger partial charge in [-0.05, 0) is 12.0 Å². The van der Waals surface area contributed by atoms with Crippen LogP contribution in [-0.4, -0.2) is 11.8 Å². The van der Waals surface area contributed by atoms with Gasteiger partial charge in [0.15, 0.2) is 0 Å². The van der Waals surface area contributed by atoms with Crippen molar-refractivity contribution >= 4 is 11.8 Å². The van der Waals surface area contributed by atoms with E-state index >= 15 is 0 Å². The molecule has 0 saturated carbocycles. The second-order valence-electron chi connectivity index (χ2n) is 3.40. The molecule has 2 rings (SSSR count). The molecule has 1 aromatic carbocycles. The number of hydrogen-bond acceptors (Lipinski definition) is 2. The van der Waals surface area contributed by atoms with Crippen molar-refractivity contribution in [2.24, 2.45) is 0 Å². The van der Waals surface area contributed by atoms with Gasteiger partial charge in [-0.1, -0.05) is 37.3 Å². The van der Waals surface area contributed by atoms with Gasteiger partial charge in [0.25, 0.3) is 0 Å². The molecule has 1 aliphatic heterocycles. The third kappa shape index (κ3) is 2.06. The van der Waals surface area contributed by atoms with E-state index in [-0.39, 0.29) is 0 Å². The summed E-state index contributed by atoms with van der Waals surface area (Å²) in [5, 5.41) is 4.14. The molecule has 1 fully saturated rings. The number of thioether (sulfide) groups is 1. The summed E-state index contributed by atoms with van der Waals surface area (Å²) >= 11 is 2.02. The number of rotatable bonds is 2. The van der Waals surface area contributed by atoms with Crippen LogP contribution in [0.3, 0.4) is 0 Å². The molecule has 2 unspecified atom stereocenters. The van der Waals surface area contributed by atoms with E-state index in [4.69, 9.17) is 0 Å². The summed E-state index contributed by atoms with van der Waals surface area (Å²) in [5.41, 5.74) is 1.41. The van der Waals surface area contributed by atoms with Crippen molar-refractivity contribution in [2.45, 2.75) is 24.8 Å². The van der Waals surface area contributed by atoms with E-state index < -0.39 is 0 Å². The molecule has 1 nitrogen and oxygen atoms in total. The SMILES string of the molecule is CCC1CSC(c2ccccc2)N1. The summed E-state index contributed by atoms with van der Waals surface area (Å²) in [4.78, 5) is 0. The Hall–Kier alpha value is -0.470. The molecule has 1 heterocycles. The number of benzene rings is 1. The second-order valence-corrected chi connectivity index (χ2v) is 4.53. The Bertz CT molecular complexity index is 260. The van der Waals surface area contributed by atoms with E-state index in [0.717, 1.165) is 0 Å². The highest BCUT2D eigenvalue weighted by molar-refractivity contribution is 7.99. The first-order valence-corrected chi connectivity index (χ1v) is 5.87. The summed E-state index contributed by atoms with van der Waals surface area (Å²) in [6.45, 7) is 2.24. The van der Waals surface area contributed by atoms with Gasteiger partial charge < -0.3 is 0 Å². The van der Waals surface area contributed by atoms with Gasteiger partial charge in [0.2, 0.25) is 0 Å². The van der Waals surface area contributed by atoms with E-state index in [0.29, 0.717) is 11.4 Å². The average molecular weight is 193 g/mol. The largest absolute Gasteiger partial charge is 0.298 e. The molecule has 1 aromatic rings. The number of hydrogen-bond donors (Lipinski definition) is 1. The highest BCUT2D eigenvalue weighted by Gasteiger charge is 2.23. The molecule has 1 saturated heterocycles. The van der Waals surface area contributed by atoms with Crippen LogP contribution in [0.15, 0.2) is 30.3 Å². The molecular weight excluding hydrogens is 178 g/mol. The monoisotopic (exact) mass is 193 g/mol. The maximum Gasteiger partial charge on any atom is 0.0792 e.